The molecular formula is C17H23FN4. The highest BCUT2D eigenvalue weighted by atomic mass is 19.1. The third-order valence-corrected chi connectivity index (χ3v) is 4.20. The van der Waals surface area contributed by atoms with Crippen molar-refractivity contribution in [2.75, 3.05) is 0 Å². The van der Waals surface area contributed by atoms with E-state index in [1.165, 1.54) is 6.07 Å². The summed E-state index contributed by atoms with van der Waals surface area (Å²) in [6, 6.07) is 7.39. The molecule has 0 saturated heterocycles. The van der Waals surface area contributed by atoms with Gasteiger partial charge in [0.15, 0.2) is 5.82 Å². The second-order valence-corrected chi connectivity index (χ2v) is 6.02. The van der Waals surface area contributed by atoms with Gasteiger partial charge in [-0.2, -0.15) is 5.10 Å². The lowest BCUT2D eigenvalue weighted by Gasteiger charge is -2.26. The second-order valence-electron chi connectivity index (χ2n) is 6.02. The maximum Gasteiger partial charge on any atom is 0.150 e. The third-order valence-electron chi connectivity index (χ3n) is 4.20. The van der Waals surface area contributed by atoms with Gasteiger partial charge in [-0.25, -0.2) is 14.1 Å². The summed E-state index contributed by atoms with van der Waals surface area (Å²) in [4.78, 5) is 4.64. The van der Waals surface area contributed by atoms with E-state index in [0.29, 0.717) is 6.42 Å². The Balaban J connectivity index is 1.69. The van der Waals surface area contributed by atoms with Crippen LogP contribution in [0.1, 0.15) is 49.9 Å². The minimum atomic E-state index is -0.128. The lowest BCUT2D eigenvalue weighted by molar-refractivity contribution is 0.339. The van der Waals surface area contributed by atoms with E-state index in [2.05, 4.69) is 29.2 Å². The van der Waals surface area contributed by atoms with Gasteiger partial charge in [0.25, 0.3) is 0 Å². The van der Waals surface area contributed by atoms with Crippen LogP contribution >= 0.6 is 0 Å². The number of hydrogen-bond acceptors (Lipinski definition) is 3. The molecule has 118 valence electrons. The smallest absolute Gasteiger partial charge is 0.150 e. The van der Waals surface area contributed by atoms with Gasteiger partial charge in [0.2, 0.25) is 0 Å². The predicted octanol–water partition coefficient (Wildman–Crippen LogP) is 3.04. The molecule has 0 bridgehead atoms. The summed E-state index contributed by atoms with van der Waals surface area (Å²) in [6.45, 7) is 5.12. The highest BCUT2D eigenvalue weighted by Crippen LogP contribution is 2.24. The Morgan fingerprint density at radius 2 is 2.23 bits per heavy atom. The standard InChI is InChI=1S/C17H23FN4/c1-3-16-20-17-15(9-6-10-22(17)21-16)19-12(2)11-13-7-4-5-8-14(13)18/h4-5,7-8,12,15,19H,3,6,9-11H2,1-2H3/t12-,15+/m0/s1. The molecule has 0 fully saturated rings. The fraction of sp³-hybridized carbons (Fsp3) is 0.529. The van der Waals surface area contributed by atoms with Crippen LogP contribution in [-0.2, 0) is 19.4 Å². The van der Waals surface area contributed by atoms with E-state index in [0.717, 1.165) is 43.0 Å². The topological polar surface area (TPSA) is 42.7 Å². The molecule has 1 N–H and O–H groups in total. The zero-order valence-corrected chi connectivity index (χ0v) is 13.2. The summed E-state index contributed by atoms with van der Waals surface area (Å²) in [7, 11) is 0. The van der Waals surface area contributed by atoms with Gasteiger partial charge in [-0.15, -0.1) is 0 Å². The average molecular weight is 302 g/mol. The van der Waals surface area contributed by atoms with Gasteiger partial charge in [0.1, 0.15) is 11.6 Å². The van der Waals surface area contributed by atoms with Gasteiger partial charge >= 0.3 is 0 Å². The van der Waals surface area contributed by atoms with Crippen LogP contribution in [0.3, 0.4) is 0 Å². The number of hydrogen-bond donors (Lipinski definition) is 1. The Hall–Kier alpha value is -1.75. The summed E-state index contributed by atoms with van der Waals surface area (Å²) in [5.74, 6) is 1.81. The summed E-state index contributed by atoms with van der Waals surface area (Å²) < 4.78 is 15.8. The Labute approximate surface area is 130 Å². The SMILES string of the molecule is CCc1nc2n(n1)CCC[C@H]2N[C@@H](C)Cc1ccccc1F. The van der Waals surface area contributed by atoms with Crippen molar-refractivity contribution in [1.82, 2.24) is 20.1 Å². The van der Waals surface area contributed by atoms with E-state index >= 15 is 0 Å². The molecule has 1 aliphatic rings. The van der Waals surface area contributed by atoms with Crippen molar-refractivity contribution in [1.29, 1.82) is 0 Å². The van der Waals surface area contributed by atoms with Crippen molar-refractivity contribution < 1.29 is 4.39 Å². The minimum Gasteiger partial charge on any atom is -0.304 e. The summed E-state index contributed by atoms with van der Waals surface area (Å²) in [5, 5.41) is 8.13. The Kier molecular flexibility index (Phi) is 4.52. The Morgan fingerprint density at radius 1 is 1.41 bits per heavy atom. The molecule has 5 heteroatoms. The number of aryl methyl sites for hydroxylation is 2. The molecule has 0 radical (unpaired) electrons. The number of fused-ring (bicyclic) bond motifs is 1. The van der Waals surface area contributed by atoms with Crippen molar-refractivity contribution in [2.45, 2.75) is 58.2 Å². The van der Waals surface area contributed by atoms with E-state index in [4.69, 9.17) is 0 Å². The largest absolute Gasteiger partial charge is 0.304 e. The first-order chi connectivity index (χ1) is 10.7. The quantitative estimate of drug-likeness (QED) is 0.923. The van der Waals surface area contributed by atoms with Crippen molar-refractivity contribution in [2.24, 2.45) is 0 Å². The predicted molar refractivity (Wildman–Crippen MR) is 84.1 cm³/mol. The number of aromatic nitrogens is 3. The molecule has 22 heavy (non-hydrogen) atoms. The summed E-state index contributed by atoms with van der Waals surface area (Å²) in [5.41, 5.74) is 0.758. The van der Waals surface area contributed by atoms with Crippen LogP contribution in [0.5, 0.6) is 0 Å². The molecule has 0 spiro atoms. The van der Waals surface area contributed by atoms with Gasteiger partial charge < -0.3 is 5.32 Å². The van der Waals surface area contributed by atoms with Gasteiger partial charge in [-0.1, -0.05) is 25.1 Å². The first kappa shape index (κ1) is 15.2. The van der Waals surface area contributed by atoms with Crippen LogP contribution in [-0.4, -0.2) is 20.8 Å². The van der Waals surface area contributed by atoms with E-state index < -0.39 is 0 Å². The van der Waals surface area contributed by atoms with Gasteiger partial charge in [0, 0.05) is 19.0 Å². The number of benzene rings is 1. The van der Waals surface area contributed by atoms with Gasteiger partial charge in [-0.3, -0.25) is 0 Å². The molecule has 0 aliphatic carbocycles. The molecule has 0 amide bonds. The zero-order valence-electron chi connectivity index (χ0n) is 13.2. The molecular weight excluding hydrogens is 279 g/mol. The average Bonchev–Trinajstić information content (AvgIpc) is 2.94. The molecule has 1 aromatic heterocycles. The van der Waals surface area contributed by atoms with Gasteiger partial charge in [-0.05, 0) is 37.8 Å². The lowest BCUT2D eigenvalue weighted by Crippen LogP contribution is -2.36. The fourth-order valence-corrected chi connectivity index (χ4v) is 3.10. The van der Waals surface area contributed by atoms with Crippen LogP contribution in [0.4, 0.5) is 4.39 Å². The van der Waals surface area contributed by atoms with Crippen molar-refractivity contribution >= 4 is 0 Å². The molecule has 3 rings (SSSR count). The maximum atomic E-state index is 13.8. The number of nitrogens with one attached hydrogen (secondary N) is 1. The molecule has 0 unspecified atom stereocenters. The molecule has 1 aromatic carbocycles. The molecule has 0 saturated carbocycles. The van der Waals surface area contributed by atoms with Crippen molar-refractivity contribution in [3.63, 3.8) is 0 Å². The number of nitrogens with zero attached hydrogens (tertiary/aromatic N) is 3. The fourth-order valence-electron chi connectivity index (χ4n) is 3.10. The van der Waals surface area contributed by atoms with Crippen molar-refractivity contribution in [3.8, 4) is 0 Å². The highest BCUT2D eigenvalue weighted by molar-refractivity contribution is 5.18. The first-order valence-corrected chi connectivity index (χ1v) is 8.10. The van der Waals surface area contributed by atoms with E-state index in [1.54, 1.807) is 6.07 Å². The molecule has 2 aromatic rings. The molecule has 4 nitrogen and oxygen atoms in total. The normalized spacial score (nSPS) is 19.0. The second kappa shape index (κ2) is 6.57. The van der Waals surface area contributed by atoms with E-state index in [-0.39, 0.29) is 17.9 Å². The Bertz CT molecular complexity index is 637. The third kappa shape index (κ3) is 3.19. The Morgan fingerprint density at radius 3 is 3.00 bits per heavy atom. The van der Waals surface area contributed by atoms with Crippen LogP contribution in [0.2, 0.25) is 0 Å². The van der Waals surface area contributed by atoms with Crippen LogP contribution in [0, 0.1) is 5.82 Å². The number of rotatable bonds is 5. The van der Waals surface area contributed by atoms with E-state index in [1.807, 2.05) is 16.8 Å². The first-order valence-electron chi connectivity index (χ1n) is 8.10. The minimum absolute atomic E-state index is 0.128. The summed E-state index contributed by atoms with van der Waals surface area (Å²) in [6.07, 6.45) is 3.70. The molecule has 2 atom stereocenters. The maximum absolute atomic E-state index is 13.8. The molecule has 1 aliphatic heterocycles. The zero-order chi connectivity index (χ0) is 15.5. The number of halogens is 1. The van der Waals surface area contributed by atoms with Crippen molar-refractivity contribution in [3.05, 3.63) is 47.3 Å². The molecule has 2 heterocycles. The van der Waals surface area contributed by atoms with E-state index in [9.17, 15) is 4.39 Å². The van der Waals surface area contributed by atoms with Crippen LogP contribution < -0.4 is 5.32 Å². The van der Waals surface area contributed by atoms with Gasteiger partial charge in [0.05, 0.1) is 6.04 Å². The highest BCUT2D eigenvalue weighted by Gasteiger charge is 2.25. The lowest BCUT2D eigenvalue weighted by atomic mass is 10.0. The summed E-state index contributed by atoms with van der Waals surface area (Å²) >= 11 is 0. The monoisotopic (exact) mass is 302 g/mol. The van der Waals surface area contributed by atoms with Crippen LogP contribution in [0.25, 0.3) is 0 Å². The van der Waals surface area contributed by atoms with Crippen LogP contribution in [0.15, 0.2) is 24.3 Å².